The second-order valence-electron chi connectivity index (χ2n) is 6.16. The molecule has 7 nitrogen and oxygen atoms in total. The Balaban J connectivity index is 1.79. The van der Waals surface area contributed by atoms with Crippen LogP contribution in [0.15, 0.2) is 30.3 Å². The third kappa shape index (κ3) is 4.69. The molecule has 2 aromatic carbocycles. The van der Waals surface area contributed by atoms with Gasteiger partial charge in [0.05, 0.1) is 32.7 Å². The Morgan fingerprint density at radius 2 is 1.63 bits per heavy atom. The zero-order valence-electron chi connectivity index (χ0n) is 15.6. The van der Waals surface area contributed by atoms with E-state index in [0.717, 1.165) is 0 Å². The Morgan fingerprint density at radius 3 is 2.33 bits per heavy atom. The second-order valence-corrected chi connectivity index (χ2v) is 6.97. The molecule has 11 heteroatoms. The van der Waals surface area contributed by atoms with Crippen molar-refractivity contribution in [1.82, 2.24) is 20.5 Å². The largest absolute Gasteiger partial charge is 0.326 e. The minimum atomic E-state index is -1.28. The number of urea groups is 1. The Bertz CT molecular complexity index is 1170. The van der Waals surface area contributed by atoms with Gasteiger partial charge in [0.2, 0.25) is 0 Å². The summed E-state index contributed by atoms with van der Waals surface area (Å²) < 4.78 is 26.5. The molecule has 3 amide bonds. The van der Waals surface area contributed by atoms with Crippen molar-refractivity contribution >= 4 is 40.8 Å². The first-order chi connectivity index (χ1) is 14.2. The van der Waals surface area contributed by atoms with Gasteiger partial charge in [0, 0.05) is 5.56 Å². The number of aryl methyl sites for hydroxylation is 2. The van der Waals surface area contributed by atoms with Gasteiger partial charge in [-0.05, 0) is 44.2 Å². The van der Waals surface area contributed by atoms with Crippen molar-refractivity contribution in [3.05, 3.63) is 69.0 Å². The summed E-state index contributed by atoms with van der Waals surface area (Å²) in [5.74, 6) is -3.19. The molecule has 0 bridgehead atoms. The molecule has 0 unspecified atom stereocenters. The summed E-state index contributed by atoms with van der Waals surface area (Å²) in [5.41, 5.74) is 1.66. The lowest BCUT2D eigenvalue weighted by atomic mass is 10.2. The third-order valence-electron chi connectivity index (χ3n) is 4.05. The van der Waals surface area contributed by atoms with Crippen LogP contribution in [0.2, 0.25) is 10.0 Å². The van der Waals surface area contributed by atoms with Crippen LogP contribution >= 0.6 is 23.2 Å². The van der Waals surface area contributed by atoms with E-state index >= 15 is 0 Å². The Labute approximate surface area is 179 Å². The number of rotatable bonds is 3. The number of amides is 3. The van der Waals surface area contributed by atoms with Gasteiger partial charge in [-0.15, -0.1) is 5.10 Å². The van der Waals surface area contributed by atoms with Gasteiger partial charge < -0.3 is 5.32 Å². The van der Waals surface area contributed by atoms with Crippen LogP contribution in [-0.4, -0.2) is 27.1 Å². The molecule has 3 aromatic rings. The number of nitrogens with one attached hydrogen (secondary N) is 2. The van der Waals surface area contributed by atoms with Gasteiger partial charge in [-0.1, -0.05) is 23.2 Å². The van der Waals surface area contributed by atoms with Crippen molar-refractivity contribution in [2.45, 2.75) is 13.8 Å². The first-order valence-corrected chi connectivity index (χ1v) is 9.16. The maximum Gasteiger partial charge on any atom is 0.326 e. The van der Waals surface area contributed by atoms with Crippen molar-refractivity contribution in [3.8, 4) is 11.4 Å². The minimum Gasteiger partial charge on any atom is -0.306 e. The highest BCUT2D eigenvalue weighted by molar-refractivity contribution is 6.35. The summed E-state index contributed by atoms with van der Waals surface area (Å²) in [5, 5.41) is 12.2. The Morgan fingerprint density at radius 1 is 0.933 bits per heavy atom. The number of carbonyl (C=O) groups is 2. The van der Waals surface area contributed by atoms with Gasteiger partial charge in [0.1, 0.15) is 0 Å². The molecule has 0 aliphatic carbocycles. The molecule has 0 radical (unpaired) electrons. The van der Waals surface area contributed by atoms with E-state index in [0.29, 0.717) is 34.9 Å². The quantitative estimate of drug-likeness (QED) is 0.562. The van der Waals surface area contributed by atoms with Crippen LogP contribution < -0.4 is 10.6 Å². The molecule has 0 aliphatic rings. The van der Waals surface area contributed by atoms with E-state index in [-0.39, 0.29) is 15.7 Å². The molecule has 2 N–H and O–H groups in total. The summed E-state index contributed by atoms with van der Waals surface area (Å²) in [6.07, 6.45) is 0. The van der Waals surface area contributed by atoms with Crippen molar-refractivity contribution in [3.63, 3.8) is 0 Å². The lowest BCUT2D eigenvalue weighted by molar-refractivity contribution is 0.0966. The number of halogens is 4. The monoisotopic (exact) mass is 451 g/mol. The van der Waals surface area contributed by atoms with Crippen LogP contribution in [0, 0.1) is 25.5 Å². The van der Waals surface area contributed by atoms with E-state index in [1.807, 2.05) is 5.32 Å². The molecule has 1 heterocycles. The number of hydrogen-bond donors (Lipinski definition) is 2. The maximum atomic E-state index is 13.4. The zero-order chi connectivity index (χ0) is 22.0. The fourth-order valence-electron chi connectivity index (χ4n) is 2.36. The summed E-state index contributed by atoms with van der Waals surface area (Å²) in [6, 6.07) is 4.93. The molecular weight excluding hydrogens is 439 g/mol. The molecule has 0 aliphatic heterocycles. The lowest BCUT2D eigenvalue weighted by Gasteiger charge is -2.11. The SMILES string of the molecule is Cc1nnc(-c2ccc(Cl)c(NC(=O)NC(=O)c3cc(F)c(F)cc3Cl)c2)nc1C. The number of carbonyl (C=O) groups excluding carboxylic acids is 2. The van der Waals surface area contributed by atoms with Crippen molar-refractivity contribution in [2.75, 3.05) is 5.32 Å². The molecule has 30 heavy (non-hydrogen) atoms. The predicted octanol–water partition coefficient (Wildman–Crippen LogP) is 4.70. The summed E-state index contributed by atoms with van der Waals surface area (Å²) >= 11 is 11.8. The maximum absolute atomic E-state index is 13.4. The van der Waals surface area contributed by atoms with Gasteiger partial charge in [-0.2, -0.15) is 5.10 Å². The number of aromatic nitrogens is 3. The fourth-order valence-corrected chi connectivity index (χ4v) is 2.76. The summed E-state index contributed by atoms with van der Waals surface area (Å²) in [6.45, 7) is 3.56. The van der Waals surface area contributed by atoms with E-state index in [9.17, 15) is 18.4 Å². The highest BCUT2D eigenvalue weighted by Crippen LogP contribution is 2.27. The molecule has 0 saturated heterocycles. The molecule has 0 fully saturated rings. The Kier molecular flexibility index (Phi) is 6.23. The molecule has 3 rings (SSSR count). The van der Waals surface area contributed by atoms with Crippen LogP contribution in [0.25, 0.3) is 11.4 Å². The number of nitrogens with zero attached hydrogens (tertiary/aromatic N) is 3. The molecular formula is C19H13Cl2F2N5O2. The topological polar surface area (TPSA) is 96.9 Å². The second kappa shape index (κ2) is 8.68. The van der Waals surface area contributed by atoms with Crippen molar-refractivity contribution in [1.29, 1.82) is 0 Å². The summed E-state index contributed by atoms with van der Waals surface area (Å²) in [7, 11) is 0. The molecule has 0 saturated carbocycles. The van der Waals surface area contributed by atoms with Gasteiger partial charge >= 0.3 is 6.03 Å². The predicted molar refractivity (Wildman–Crippen MR) is 108 cm³/mol. The smallest absolute Gasteiger partial charge is 0.306 e. The van der Waals surface area contributed by atoms with Gasteiger partial charge in [-0.25, -0.2) is 18.6 Å². The number of anilines is 1. The molecule has 1 aromatic heterocycles. The van der Waals surface area contributed by atoms with E-state index in [1.54, 1.807) is 19.9 Å². The summed E-state index contributed by atoms with van der Waals surface area (Å²) in [4.78, 5) is 28.7. The van der Waals surface area contributed by atoms with E-state index in [1.165, 1.54) is 12.1 Å². The number of imide groups is 1. The standard InChI is InChI=1S/C19H13Cl2F2N5O2/c1-8-9(2)27-28-17(24-8)10-3-4-12(20)16(5-10)25-19(30)26-18(29)11-6-14(22)15(23)7-13(11)21/h3-7H,1-2H3,(H2,25,26,29,30). The minimum absolute atomic E-state index is 0.165. The first kappa shape index (κ1) is 21.5. The average molecular weight is 452 g/mol. The zero-order valence-corrected chi connectivity index (χ0v) is 17.1. The normalized spacial score (nSPS) is 10.6. The third-order valence-corrected chi connectivity index (χ3v) is 4.69. The van der Waals surface area contributed by atoms with Crippen LogP contribution in [0.5, 0.6) is 0 Å². The highest BCUT2D eigenvalue weighted by atomic mass is 35.5. The average Bonchev–Trinajstić information content (AvgIpc) is 2.68. The van der Waals surface area contributed by atoms with Gasteiger partial charge in [0.15, 0.2) is 17.5 Å². The lowest BCUT2D eigenvalue weighted by Crippen LogP contribution is -2.34. The van der Waals surface area contributed by atoms with E-state index in [4.69, 9.17) is 23.2 Å². The van der Waals surface area contributed by atoms with Crippen LogP contribution in [0.1, 0.15) is 21.7 Å². The fraction of sp³-hybridized carbons (Fsp3) is 0.105. The van der Waals surface area contributed by atoms with Gasteiger partial charge in [-0.3, -0.25) is 10.1 Å². The molecule has 154 valence electrons. The van der Waals surface area contributed by atoms with Crippen molar-refractivity contribution < 1.29 is 18.4 Å². The first-order valence-electron chi connectivity index (χ1n) is 8.40. The van der Waals surface area contributed by atoms with Crippen LogP contribution in [0.4, 0.5) is 19.3 Å². The van der Waals surface area contributed by atoms with Crippen LogP contribution in [0.3, 0.4) is 0 Å². The van der Waals surface area contributed by atoms with E-state index < -0.39 is 29.1 Å². The van der Waals surface area contributed by atoms with E-state index in [2.05, 4.69) is 20.5 Å². The van der Waals surface area contributed by atoms with Crippen molar-refractivity contribution in [2.24, 2.45) is 0 Å². The van der Waals surface area contributed by atoms with Crippen LogP contribution in [-0.2, 0) is 0 Å². The number of benzene rings is 2. The highest BCUT2D eigenvalue weighted by Gasteiger charge is 2.18. The molecule has 0 spiro atoms. The molecule has 0 atom stereocenters. The Hall–Kier alpha value is -3.17. The van der Waals surface area contributed by atoms with Gasteiger partial charge in [0.25, 0.3) is 5.91 Å². The number of hydrogen-bond acceptors (Lipinski definition) is 5.